The van der Waals surface area contributed by atoms with E-state index in [4.69, 9.17) is 13.9 Å². The van der Waals surface area contributed by atoms with Gasteiger partial charge in [0.05, 0.1) is 25.8 Å². The number of likely N-dealkylation sites (tertiary alicyclic amines) is 1. The minimum atomic E-state index is 0.0931. The van der Waals surface area contributed by atoms with E-state index in [9.17, 15) is 0 Å². The van der Waals surface area contributed by atoms with Crippen LogP contribution in [0.5, 0.6) is 11.5 Å². The maximum atomic E-state index is 6.00. The zero-order chi connectivity index (χ0) is 19.5. The molecule has 0 bridgehead atoms. The second-order valence-electron chi connectivity index (χ2n) is 6.91. The van der Waals surface area contributed by atoms with E-state index in [1.807, 2.05) is 31.2 Å². The topological polar surface area (TPSA) is 73.5 Å². The number of pyridine rings is 1. The standard InChI is InChI=1S/C21H24N4O3/c1-14-9-10-15(12-22-14)20-23-24-21(28-20)17-7-5-11-25(17)13-16-6-4-8-18(26-2)19(16)27-3/h4,6,8-10,12,17H,5,7,11,13H2,1-3H3. The highest BCUT2D eigenvalue weighted by Crippen LogP contribution is 2.37. The molecule has 146 valence electrons. The lowest BCUT2D eigenvalue weighted by atomic mass is 10.1. The van der Waals surface area contributed by atoms with Gasteiger partial charge in [0, 0.05) is 24.0 Å². The van der Waals surface area contributed by atoms with Crippen molar-refractivity contribution in [2.45, 2.75) is 32.4 Å². The van der Waals surface area contributed by atoms with Gasteiger partial charge < -0.3 is 13.9 Å². The van der Waals surface area contributed by atoms with Gasteiger partial charge in [-0.2, -0.15) is 0 Å². The Morgan fingerprint density at radius 1 is 1.14 bits per heavy atom. The van der Waals surface area contributed by atoms with E-state index >= 15 is 0 Å². The summed E-state index contributed by atoms with van der Waals surface area (Å²) in [6, 6.07) is 9.94. The van der Waals surface area contributed by atoms with Gasteiger partial charge in [0.15, 0.2) is 11.5 Å². The molecule has 1 fully saturated rings. The third-order valence-electron chi connectivity index (χ3n) is 5.11. The number of nitrogens with zero attached hydrogens (tertiary/aromatic N) is 4. The minimum absolute atomic E-state index is 0.0931. The molecule has 1 aliphatic rings. The molecule has 3 heterocycles. The third-order valence-corrected chi connectivity index (χ3v) is 5.11. The summed E-state index contributed by atoms with van der Waals surface area (Å²) < 4.78 is 17.0. The highest BCUT2D eigenvalue weighted by molar-refractivity contribution is 5.50. The van der Waals surface area contributed by atoms with Crippen molar-refractivity contribution in [3.63, 3.8) is 0 Å². The van der Waals surface area contributed by atoms with Crippen LogP contribution in [0.15, 0.2) is 40.9 Å². The van der Waals surface area contributed by atoms with Crippen LogP contribution in [-0.2, 0) is 6.54 Å². The normalized spacial score (nSPS) is 17.0. The molecule has 1 aliphatic heterocycles. The molecule has 0 N–H and O–H groups in total. The van der Waals surface area contributed by atoms with Gasteiger partial charge in [0.2, 0.25) is 11.8 Å². The summed E-state index contributed by atoms with van der Waals surface area (Å²) in [5.74, 6) is 2.67. The summed E-state index contributed by atoms with van der Waals surface area (Å²) in [6.07, 6.45) is 3.83. The van der Waals surface area contributed by atoms with Gasteiger partial charge in [-0.25, -0.2) is 0 Å². The summed E-state index contributed by atoms with van der Waals surface area (Å²) in [4.78, 5) is 6.65. The molecule has 0 spiro atoms. The average Bonchev–Trinajstić information content (AvgIpc) is 3.37. The Balaban J connectivity index is 1.56. The van der Waals surface area contributed by atoms with Crippen molar-refractivity contribution >= 4 is 0 Å². The Kier molecular flexibility index (Phi) is 5.25. The summed E-state index contributed by atoms with van der Waals surface area (Å²) >= 11 is 0. The number of para-hydroxylation sites is 1. The van der Waals surface area contributed by atoms with E-state index in [0.717, 1.165) is 54.3 Å². The Morgan fingerprint density at radius 2 is 2.04 bits per heavy atom. The Morgan fingerprint density at radius 3 is 2.79 bits per heavy atom. The largest absolute Gasteiger partial charge is 0.493 e. The van der Waals surface area contributed by atoms with Crippen LogP contribution in [0.2, 0.25) is 0 Å². The third kappa shape index (κ3) is 3.57. The van der Waals surface area contributed by atoms with Crippen molar-refractivity contribution in [1.29, 1.82) is 0 Å². The zero-order valence-electron chi connectivity index (χ0n) is 16.4. The van der Waals surface area contributed by atoms with E-state index in [1.165, 1.54) is 0 Å². The molecule has 3 aromatic rings. The molecule has 7 heteroatoms. The highest BCUT2D eigenvalue weighted by atomic mass is 16.5. The fraction of sp³-hybridized carbons (Fsp3) is 0.381. The molecule has 1 atom stereocenters. The number of aromatic nitrogens is 3. The number of aryl methyl sites for hydroxylation is 1. The maximum Gasteiger partial charge on any atom is 0.249 e. The molecule has 1 unspecified atom stereocenters. The van der Waals surface area contributed by atoms with Crippen LogP contribution in [-0.4, -0.2) is 40.8 Å². The van der Waals surface area contributed by atoms with Crippen LogP contribution in [0, 0.1) is 6.92 Å². The quantitative estimate of drug-likeness (QED) is 0.644. The molecule has 1 aromatic carbocycles. The number of hydrogen-bond donors (Lipinski definition) is 0. The molecule has 4 rings (SSSR count). The second kappa shape index (κ2) is 7.98. The molecule has 0 amide bonds. The predicted molar refractivity (Wildman–Crippen MR) is 104 cm³/mol. The lowest BCUT2D eigenvalue weighted by molar-refractivity contribution is 0.212. The molecule has 7 nitrogen and oxygen atoms in total. The molecule has 1 saturated heterocycles. The summed E-state index contributed by atoms with van der Waals surface area (Å²) in [5.41, 5.74) is 2.87. The first kappa shape index (κ1) is 18.4. The van der Waals surface area contributed by atoms with Crippen molar-refractivity contribution in [2.24, 2.45) is 0 Å². The number of hydrogen-bond acceptors (Lipinski definition) is 7. The van der Waals surface area contributed by atoms with Gasteiger partial charge in [0.25, 0.3) is 0 Å². The van der Waals surface area contributed by atoms with Crippen LogP contribution in [0.4, 0.5) is 0 Å². The number of benzene rings is 1. The van der Waals surface area contributed by atoms with E-state index in [1.54, 1.807) is 20.4 Å². The van der Waals surface area contributed by atoms with E-state index in [0.29, 0.717) is 11.8 Å². The van der Waals surface area contributed by atoms with E-state index < -0.39 is 0 Å². The molecule has 2 aromatic heterocycles. The fourth-order valence-electron chi connectivity index (χ4n) is 3.67. The van der Waals surface area contributed by atoms with Crippen molar-refractivity contribution < 1.29 is 13.9 Å². The summed E-state index contributed by atoms with van der Waals surface area (Å²) in [6.45, 7) is 3.65. The molecular weight excluding hydrogens is 356 g/mol. The van der Waals surface area contributed by atoms with Crippen LogP contribution < -0.4 is 9.47 Å². The molecule has 0 radical (unpaired) electrons. The van der Waals surface area contributed by atoms with Crippen LogP contribution in [0.25, 0.3) is 11.5 Å². The second-order valence-corrected chi connectivity index (χ2v) is 6.91. The first-order chi connectivity index (χ1) is 13.7. The fourth-order valence-corrected chi connectivity index (χ4v) is 3.67. The van der Waals surface area contributed by atoms with Crippen molar-refractivity contribution in [3.8, 4) is 23.0 Å². The average molecular weight is 380 g/mol. The van der Waals surface area contributed by atoms with Crippen LogP contribution in [0.1, 0.15) is 36.0 Å². The van der Waals surface area contributed by atoms with E-state index in [2.05, 4.69) is 26.1 Å². The van der Waals surface area contributed by atoms with Gasteiger partial charge in [-0.3, -0.25) is 9.88 Å². The summed E-state index contributed by atoms with van der Waals surface area (Å²) in [5, 5.41) is 8.56. The molecular formula is C21H24N4O3. The highest BCUT2D eigenvalue weighted by Gasteiger charge is 2.31. The van der Waals surface area contributed by atoms with Crippen LogP contribution in [0.3, 0.4) is 0 Å². The first-order valence-electron chi connectivity index (χ1n) is 9.40. The maximum absolute atomic E-state index is 6.00. The lowest BCUT2D eigenvalue weighted by Crippen LogP contribution is -2.23. The SMILES string of the molecule is COc1cccc(CN2CCCC2c2nnc(-c3ccc(C)nc3)o2)c1OC. The van der Waals surface area contributed by atoms with Crippen molar-refractivity contribution in [3.05, 3.63) is 53.7 Å². The number of ether oxygens (including phenoxy) is 2. The monoisotopic (exact) mass is 380 g/mol. The number of methoxy groups -OCH3 is 2. The van der Waals surface area contributed by atoms with Gasteiger partial charge in [-0.1, -0.05) is 12.1 Å². The van der Waals surface area contributed by atoms with Gasteiger partial charge >= 0.3 is 0 Å². The molecule has 0 aliphatic carbocycles. The number of rotatable bonds is 6. The van der Waals surface area contributed by atoms with Crippen LogP contribution >= 0.6 is 0 Å². The Bertz CT molecular complexity index is 939. The summed E-state index contributed by atoms with van der Waals surface area (Å²) in [7, 11) is 3.32. The van der Waals surface area contributed by atoms with E-state index in [-0.39, 0.29) is 6.04 Å². The first-order valence-corrected chi connectivity index (χ1v) is 9.40. The van der Waals surface area contributed by atoms with Crippen molar-refractivity contribution in [1.82, 2.24) is 20.1 Å². The van der Waals surface area contributed by atoms with Gasteiger partial charge in [-0.15, -0.1) is 10.2 Å². The van der Waals surface area contributed by atoms with Gasteiger partial charge in [0.1, 0.15) is 0 Å². The van der Waals surface area contributed by atoms with Gasteiger partial charge in [-0.05, 0) is 44.5 Å². The Hall–Kier alpha value is -2.93. The minimum Gasteiger partial charge on any atom is -0.493 e. The molecule has 28 heavy (non-hydrogen) atoms. The zero-order valence-corrected chi connectivity index (χ0v) is 16.4. The molecule has 0 saturated carbocycles. The smallest absolute Gasteiger partial charge is 0.249 e. The van der Waals surface area contributed by atoms with Crippen molar-refractivity contribution in [2.75, 3.05) is 20.8 Å². The Labute approximate surface area is 164 Å². The predicted octanol–water partition coefficient (Wildman–Crippen LogP) is 3.79. The lowest BCUT2D eigenvalue weighted by Gasteiger charge is -2.23.